The van der Waals surface area contributed by atoms with Gasteiger partial charge in [-0.2, -0.15) is 0 Å². The Morgan fingerprint density at radius 2 is 2.15 bits per heavy atom. The van der Waals surface area contributed by atoms with Gasteiger partial charge in [0.1, 0.15) is 29.6 Å². The van der Waals surface area contributed by atoms with Gasteiger partial charge in [0.2, 0.25) is 0 Å². The van der Waals surface area contributed by atoms with E-state index >= 15 is 0 Å². The van der Waals surface area contributed by atoms with Gasteiger partial charge in [0.25, 0.3) is 5.91 Å². The van der Waals surface area contributed by atoms with Crippen LogP contribution >= 0.6 is 0 Å². The number of nitrogens with zero attached hydrogens (tertiary/aromatic N) is 2. The molecule has 1 amide bonds. The minimum Gasteiger partial charge on any atom is -0.490 e. The van der Waals surface area contributed by atoms with Crippen molar-refractivity contribution in [2.75, 3.05) is 38.6 Å². The summed E-state index contributed by atoms with van der Waals surface area (Å²) in [7, 11) is 0. The van der Waals surface area contributed by atoms with Crippen molar-refractivity contribution in [3.63, 3.8) is 0 Å². The average molecular weight is 361 g/mol. The molecule has 1 atom stereocenters. The molecule has 0 spiro atoms. The number of nitrogen functional groups attached to an aromatic ring is 1. The van der Waals surface area contributed by atoms with Crippen molar-refractivity contribution >= 4 is 11.7 Å². The van der Waals surface area contributed by atoms with Crippen molar-refractivity contribution in [1.29, 1.82) is 0 Å². The second-order valence-corrected chi connectivity index (χ2v) is 6.18. The monoisotopic (exact) mass is 361 g/mol. The fourth-order valence-electron chi connectivity index (χ4n) is 2.69. The summed E-state index contributed by atoms with van der Waals surface area (Å²) < 4.78 is 23.9. The molecule has 0 bridgehead atoms. The molecule has 3 rings (SSSR count). The van der Waals surface area contributed by atoms with Crippen LogP contribution in [0.4, 0.5) is 10.2 Å². The van der Waals surface area contributed by atoms with Crippen LogP contribution in [0.1, 0.15) is 10.4 Å². The Morgan fingerprint density at radius 3 is 2.88 bits per heavy atom. The minimum absolute atomic E-state index is 0.0144. The Hall–Kier alpha value is -2.71. The van der Waals surface area contributed by atoms with Gasteiger partial charge >= 0.3 is 0 Å². The molecule has 2 aromatic rings. The van der Waals surface area contributed by atoms with Crippen molar-refractivity contribution in [1.82, 2.24) is 9.88 Å². The van der Waals surface area contributed by atoms with E-state index < -0.39 is 5.60 Å². The van der Waals surface area contributed by atoms with E-state index in [-0.39, 0.29) is 49.5 Å². The van der Waals surface area contributed by atoms with Gasteiger partial charge in [0.15, 0.2) is 0 Å². The molecule has 138 valence electrons. The summed E-state index contributed by atoms with van der Waals surface area (Å²) in [5.74, 6) is -0.159. The lowest BCUT2D eigenvalue weighted by Crippen LogP contribution is -2.50. The van der Waals surface area contributed by atoms with Crippen LogP contribution in [-0.2, 0) is 4.74 Å². The van der Waals surface area contributed by atoms with Crippen LogP contribution in [-0.4, -0.2) is 59.4 Å². The van der Waals surface area contributed by atoms with E-state index in [0.717, 1.165) is 0 Å². The maximum atomic E-state index is 13.0. The lowest BCUT2D eigenvalue weighted by atomic mass is 10.1. The Morgan fingerprint density at radius 1 is 1.38 bits per heavy atom. The predicted molar refractivity (Wildman–Crippen MR) is 92.2 cm³/mol. The lowest BCUT2D eigenvalue weighted by molar-refractivity contribution is -0.0621. The van der Waals surface area contributed by atoms with Gasteiger partial charge in [0, 0.05) is 12.7 Å². The fraction of sp³-hybridized carbons (Fsp3) is 0.333. The van der Waals surface area contributed by atoms with Crippen LogP contribution in [0.5, 0.6) is 5.75 Å². The van der Waals surface area contributed by atoms with Crippen molar-refractivity contribution in [2.45, 2.75) is 5.60 Å². The third kappa shape index (κ3) is 4.27. The molecule has 3 N–H and O–H groups in total. The highest BCUT2D eigenvalue weighted by molar-refractivity contribution is 5.98. The SMILES string of the molecule is Nc1ncccc1C(=O)N1CCOCC(O)(COc2ccc(F)cc2)C1. The van der Waals surface area contributed by atoms with Crippen LogP contribution in [0, 0.1) is 5.82 Å². The van der Waals surface area contributed by atoms with Crippen LogP contribution in [0.3, 0.4) is 0 Å². The molecule has 1 aromatic heterocycles. The maximum absolute atomic E-state index is 13.0. The quantitative estimate of drug-likeness (QED) is 0.846. The number of halogens is 1. The minimum atomic E-state index is -1.41. The molecule has 1 aromatic carbocycles. The van der Waals surface area contributed by atoms with Crippen LogP contribution in [0.15, 0.2) is 42.6 Å². The molecule has 8 heteroatoms. The van der Waals surface area contributed by atoms with Gasteiger partial charge in [-0.3, -0.25) is 4.79 Å². The van der Waals surface area contributed by atoms with Crippen molar-refractivity contribution in [2.24, 2.45) is 0 Å². The highest BCUT2D eigenvalue weighted by Crippen LogP contribution is 2.19. The number of aliphatic hydroxyl groups is 1. The number of carbonyl (C=O) groups excluding carboxylic acids is 1. The van der Waals surface area contributed by atoms with E-state index in [1.165, 1.54) is 35.4 Å². The van der Waals surface area contributed by atoms with E-state index in [1.807, 2.05) is 0 Å². The molecule has 1 fully saturated rings. The summed E-state index contributed by atoms with van der Waals surface area (Å²) in [6.07, 6.45) is 1.50. The summed E-state index contributed by atoms with van der Waals surface area (Å²) in [6, 6.07) is 8.69. The third-order valence-electron chi connectivity index (χ3n) is 4.04. The van der Waals surface area contributed by atoms with Crippen molar-refractivity contribution in [3.05, 3.63) is 54.0 Å². The Labute approximate surface area is 150 Å². The molecule has 1 saturated heterocycles. The zero-order valence-electron chi connectivity index (χ0n) is 14.1. The van der Waals surface area contributed by atoms with E-state index in [4.69, 9.17) is 15.2 Å². The number of rotatable bonds is 4. The van der Waals surface area contributed by atoms with Crippen LogP contribution < -0.4 is 10.5 Å². The van der Waals surface area contributed by atoms with Gasteiger partial charge in [-0.25, -0.2) is 9.37 Å². The van der Waals surface area contributed by atoms with Gasteiger partial charge in [-0.1, -0.05) is 0 Å². The highest BCUT2D eigenvalue weighted by Gasteiger charge is 2.36. The summed E-state index contributed by atoms with van der Waals surface area (Å²) in [5, 5.41) is 10.8. The molecule has 26 heavy (non-hydrogen) atoms. The van der Waals surface area contributed by atoms with E-state index in [2.05, 4.69) is 4.98 Å². The van der Waals surface area contributed by atoms with E-state index in [1.54, 1.807) is 12.1 Å². The highest BCUT2D eigenvalue weighted by atomic mass is 19.1. The van der Waals surface area contributed by atoms with Crippen molar-refractivity contribution in [3.8, 4) is 5.75 Å². The number of β-amino-alcohol motifs (C(OH)–C–C–N with tert-alkyl or cyclic N) is 1. The van der Waals surface area contributed by atoms with Crippen molar-refractivity contribution < 1.29 is 23.8 Å². The molecule has 0 radical (unpaired) electrons. The maximum Gasteiger partial charge on any atom is 0.257 e. The first-order chi connectivity index (χ1) is 12.5. The molecule has 7 nitrogen and oxygen atoms in total. The van der Waals surface area contributed by atoms with Gasteiger partial charge in [-0.05, 0) is 36.4 Å². The number of amides is 1. The summed E-state index contributed by atoms with van der Waals surface area (Å²) in [6.45, 7) is 0.517. The first-order valence-corrected chi connectivity index (χ1v) is 8.15. The Balaban J connectivity index is 1.70. The number of anilines is 1. The largest absolute Gasteiger partial charge is 0.490 e. The normalized spacial score (nSPS) is 20.5. The molecule has 0 aliphatic carbocycles. The number of nitrogens with two attached hydrogens (primary N) is 1. The number of aromatic nitrogens is 1. The fourth-order valence-corrected chi connectivity index (χ4v) is 2.69. The second-order valence-electron chi connectivity index (χ2n) is 6.18. The van der Waals surface area contributed by atoms with Gasteiger partial charge < -0.3 is 25.2 Å². The van der Waals surface area contributed by atoms with E-state index in [9.17, 15) is 14.3 Å². The number of carbonyl (C=O) groups is 1. The molecular formula is C18H20FN3O4. The Bertz CT molecular complexity index is 771. The Kier molecular flexibility index (Phi) is 5.34. The van der Waals surface area contributed by atoms with Crippen LogP contribution in [0.2, 0.25) is 0 Å². The lowest BCUT2D eigenvalue weighted by Gasteiger charge is -2.30. The number of benzene rings is 1. The smallest absolute Gasteiger partial charge is 0.257 e. The second kappa shape index (κ2) is 7.67. The molecule has 0 saturated carbocycles. The molecule has 1 aliphatic rings. The number of hydrogen-bond donors (Lipinski definition) is 2. The zero-order chi connectivity index (χ0) is 18.6. The molecule has 1 aliphatic heterocycles. The van der Waals surface area contributed by atoms with E-state index in [0.29, 0.717) is 12.3 Å². The van der Waals surface area contributed by atoms with Gasteiger partial charge in [0.05, 0.1) is 25.3 Å². The summed E-state index contributed by atoms with van der Waals surface area (Å²) in [4.78, 5) is 18.1. The molecular weight excluding hydrogens is 341 g/mol. The number of hydrogen-bond acceptors (Lipinski definition) is 6. The number of pyridine rings is 1. The molecule has 2 heterocycles. The first-order valence-electron chi connectivity index (χ1n) is 8.15. The average Bonchev–Trinajstić information content (AvgIpc) is 2.83. The van der Waals surface area contributed by atoms with Crippen LogP contribution in [0.25, 0.3) is 0 Å². The third-order valence-corrected chi connectivity index (χ3v) is 4.04. The standard InChI is InChI=1S/C18H20FN3O4/c19-13-3-5-14(6-4-13)26-12-18(24)10-22(8-9-25-11-18)17(23)15-2-1-7-21-16(15)20/h1-7,24H,8-12H2,(H2,20,21). The number of ether oxygens (including phenoxy) is 2. The predicted octanol–water partition coefficient (Wildman–Crippen LogP) is 1.09. The summed E-state index contributed by atoms with van der Waals surface area (Å²) >= 11 is 0. The first kappa shape index (κ1) is 18.1. The van der Waals surface area contributed by atoms with Gasteiger partial charge in [-0.15, -0.1) is 0 Å². The molecule has 1 unspecified atom stereocenters. The topological polar surface area (TPSA) is 97.9 Å². The summed E-state index contributed by atoms with van der Waals surface area (Å²) in [5.41, 5.74) is 4.64. The zero-order valence-corrected chi connectivity index (χ0v) is 14.1.